The second-order valence-electron chi connectivity index (χ2n) is 4.71. The number of hydrazone groups is 1. The van der Waals surface area contributed by atoms with Gasteiger partial charge in [-0.15, -0.1) is 0 Å². The fraction of sp³-hybridized carbons (Fsp3) is 0.0625. The summed E-state index contributed by atoms with van der Waals surface area (Å²) in [5.74, 6) is 5.64. The number of carbonyl (C=O) groups excluding carboxylic acids is 1. The lowest BCUT2D eigenvalue weighted by Crippen LogP contribution is -2.11. The van der Waals surface area contributed by atoms with Crippen LogP contribution in [0.4, 0.5) is 5.13 Å². The van der Waals surface area contributed by atoms with Crippen molar-refractivity contribution in [1.82, 2.24) is 4.98 Å². The number of methoxy groups -OCH3 is 1. The molecule has 0 aliphatic rings. The van der Waals surface area contributed by atoms with Gasteiger partial charge in [0.2, 0.25) is 0 Å². The van der Waals surface area contributed by atoms with E-state index in [0.29, 0.717) is 16.4 Å². The molecule has 0 radical (unpaired) electrons. The molecular formula is C16H14N4O2S. The summed E-state index contributed by atoms with van der Waals surface area (Å²) in [7, 11) is 1.58. The maximum atomic E-state index is 12.2. The Balaban J connectivity index is 1.81. The minimum Gasteiger partial charge on any atom is -0.497 e. The van der Waals surface area contributed by atoms with Crippen molar-refractivity contribution in [3.8, 4) is 5.75 Å². The van der Waals surface area contributed by atoms with Gasteiger partial charge in [-0.1, -0.05) is 17.4 Å². The second-order valence-corrected chi connectivity index (χ2v) is 5.74. The van der Waals surface area contributed by atoms with Gasteiger partial charge < -0.3 is 10.6 Å². The van der Waals surface area contributed by atoms with Crippen LogP contribution >= 0.6 is 11.3 Å². The Morgan fingerprint density at radius 1 is 1.30 bits per heavy atom. The van der Waals surface area contributed by atoms with E-state index in [0.717, 1.165) is 15.8 Å². The zero-order valence-corrected chi connectivity index (χ0v) is 13.1. The zero-order chi connectivity index (χ0) is 16.2. The molecule has 3 N–H and O–H groups in total. The molecule has 0 bridgehead atoms. The van der Waals surface area contributed by atoms with Crippen LogP contribution in [0.1, 0.15) is 15.9 Å². The Labute approximate surface area is 136 Å². The Morgan fingerprint density at radius 3 is 2.78 bits per heavy atom. The first-order valence-electron chi connectivity index (χ1n) is 6.79. The van der Waals surface area contributed by atoms with E-state index in [9.17, 15) is 4.79 Å². The van der Waals surface area contributed by atoms with Gasteiger partial charge in [0, 0.05) is 5.56 Å². The third-order valence-electron chi connectivity index (χ3n) is 3.21. The van der Waals surface area contributed by atoms with E-state index in [1.807, 2.05) is 18.2 Å². The number of hydrogen-bond donors (Lipinski definition) is 2. The van der Waals surface area contributed by atoms with E-state index in [1.165, 1.54) is 11.3 Å². The van der Waals surface area contributed by atoms with Crippen LogP contribution in [0, 0.1) is 0 Å². The number of nitrogens with two attached hydrogens (primary N) is 1. The molecule has 1 heterocycles. The summed E-state index contributed by atoms with van der Waals surface area (Å²) in [6.45, 7) is 0. The Hall–Kier alpha value is -2.93. The zero-order valence-electron chi connectivity index (χ0n) is 12.3. The van der Waals surface area contributed by atoms with Crippen molar-refractivity contribution < 1.29 is 9.53 Å². The second kappa shape index (κ2) is 6.45. The predicted molar refractivity (Wildman–Crippen MR) is 92.3 cm³/mol. The van der Waals surface area contributed by atoms with Gasteiger partial charge in [0.1, 0.15) is 5.75 Å². The van der Waals surface area contributed by atoms with Crippen LogP contribution in [0.2, 0.25) is 0 Å². The Bertz CT molecular complexity index is 871. The molecule has 23 heavy (non-hydrogen) atoms. The lowest BCUT2D eigenvalue weighted by atomic mass is 10.2. The summed E-state index contributed by atoms with van der Waals surface area (Å²) in [6.07, 6.45) is 1.56. The first kappa shape index (κ1) is 15.0. The smallest absolute Gasteiger partial charge is 0.257 e. The van der Waals surface area contributed by atoms with Gasteiger partial charge in [-0.05, 0) is 42.0 Å². The number of thiazole rings is 1. The minimum atomic E-state index is -0.213. The van der Waals surface area contributed by atoms with E-state index in [1.54, 1.807) is 37.6 Å². The standard InChI is InChI=1S/C16H14N4O2S/c1-22-12-5-3-11(4-6-12)15(21)20-16-19-13-7-2-10(9-18-17)8-14(13)23-16/h2-9H,17H2,1H3,(H,19,20,21). The molecule has 1 amide bonds. The number of amides is 1. The van der Waals surface area contributed by atoms with Crippen molar-refractivity contribution in [1.29, 1.82) is 0 Å². The van der Waals surface area contributed by atoms with E-state index < -0.39 is 0 Å². The number of hydrogen-bond acceptors (Lipinski definition) is 6. The van der Waals surface area contributed by atoms with E-state index >= 15 is 0 Å². The summed E-state index contributed by atoms with van der Waals surface area (Å²) >= 11 is 1.40. The minimum absolute atomic E-state index is 0.213. The SMILES string of the molecule is COc1ccc(C(=O)Nc2nc3ccc(C=NN)cc3s2)cc1. The maximum absolute atomic E-state index is 12.2. The van der Waals surface area contributed by atoms with Crippen molar-refractivity contribution in [2.75, 3.05) is 12.4 Å². The van der Waals surface area contributed by atoms with Crippen molar-refractivity contribution in [2.24, 2.45) is 10.9 Å². The largest absolute Gasteiger partial charge is 0.497 e. The monoisotopic (exact) mass is 326 g/mol. The van der Waals surface area contributed by atoms with Crippen LogP contribution in [-0.2, 0) is 0 Å². The lowest BCUT2D eigenvalue weighted by molar-refractivity contribution is 0.102. The average molecular weight is 326 g/mol. The normalized spacial score (nSPS) is 11.0. The van der Waals surface area contributed by atoms with Crippen LogP contribution in [0.15, 0.2) is 47.6 Å². The molecule has 2 aromatic carbocycles. The highest BCUT2D eigenvalue weighted by Crippen LogP contribution is 2.27. The number of rotatable bonds is 4. The number of anilines is 1. The number of nitrogens with one attached hydrogen (secondary N) is 1. The number of aromatic nitrogens is 1. The molecular weight excluding hydrogens is 312 g/mol. The third-order valence-corrected chi connectivity index (χ3v) is 4.14. The summed E-state index contributed by atoms with van der Waals surface area (Å²) in [4.78, 5) is 16.6. The molecule has 3 rings (SSSR count). The first-order chi connectivity index (χ1) is 11.2. The molecule has 6 nitrogen and oxygen atoms in total. The van der Waals surface area contributed by atoms with Crippen LogP contribution in [0.25, 0.3) is 10.2 Å². The molecule has 0 unspecified atom stereocenters. The fourth-order valence-corrected chi connectivity index (χ4v) is 2.98. The molecule has 0 aliphatic carbocycles. The molecule has 0 fully saturated rings. The van der Waals surface area contributed by atoms with E-state index in [-0.39, 0.29) is 5.91 Å². The summed E-state index contributed by atoms with van der Waals surface area (Å²) in [5, 5.41) is 6.85. The van der Waals surface area contributed by atoms with Crippen molar-refractivity contribution in [2.45, 2.75) is 0 Å². The number of carbonyl (C=O) groups is 1. The molecule has 1 aromatic heterocycles. The van der Waals surface area contributed by atoms with Gasteiger partial charge in [0.25, 0.3) is 5.91 Å². The van der Waals surface area contributed by atoms with E-state index in [4.69, 9.17) is 10.6 Å². The Morgan fingerprint density at radius 2 is 2.09 bits per heavy atom. The molecule has 3 aromatic rings. The van der Waals surface area contributed by atoms with E-state index in [2.05, 4.69) is 15.4 Å². The summed E-state index contributed by atoms with van der Waals surface area (Å²) in [5.41, 5.74) is 2.24. The number of fused-ring (bicyclic) bond motifs is 1. The van der Waals surface area contributed by atoms with Gasteiger partial charge in [-0.2, -0.15) is 5.10 Å². The van der Waals surface area contributed by atoms with Gasteiger partial charge in [0.05, 0.1) is 23.5 Å². The molecule has 0 saturated carbocycles. The molecule has 0 spiro atoms. The number of benzene rings is 2. The van der Waals surface area contributed by atoms with Crippen LogP contribution in [0.3, 0.4) is 0 Å². The third kappa shape index (κ3) is 3.29. The highest BCUT2D eigenvalue weighted by atomic mass is 32.1. The number of ether oxygens (including phenoxy) is 1. The van der Waals surface area contributed by atoms with Crippen molar-refractivity contribution in [3.05, 3.63) is 53.6 Å². The number of nitrogens with zero attached hydrogens (tertiary/aromatic N) is 2. The van der Waals surface area contributed by atoms with Gasteiger partial charge in [0.15, 0.2) is 5.13 Å². The van der Waals surface area contributed by atoms with Crippen LogP contribution in [0.5, 0.6) is 5.75 Å². The topological polar surface area (TPSA) is 89.6 Å². The van der Waals surface area contributed by atoms with Crippen molar-refractivity contribution >= 4 is 38.8 Å². The van der Waals surface area contributed by atoms with Crippen LogP contribution < -0.4 is 15.9 Å². The molecule has 0 atom stereocenters. The molecule has 116 valence electrons. The van der Waals surface area contributed by atoms with Gasteiger partial charge >= 0.3 is 0 Å². The molecule has 0 aliphatic heterocycles. The highest BCUT2D eigenvalue weighted by molar-refractivity contribution is 7.22. The fourth-order valence-electron chi connectivity index (χ4n) is 2.07. The molecule has 0 saturated heterocycles. The predicted octanol–water partition coefficient (Wildman–Crippen LogP) is 2.85. The lowest BCUT2D eigenvalue weighted by Gasteiger charge is -2.03. The Kier molecular flexibility index (Phi) is 4.20. The highest BCUT2D eigenvalue weighted by Gasteiger charge is 2.10. The van der Waals surface area contributed by atoms with Crippen LogP contribution in [-0.4, -0.2) is 24.2 Å². The van der Waals surface area contributed by atoms with Gasteiger partial charge in [-0.25, -0.2) is 4.98 Å². The summed E-state index contributed by atoms with van der Waals surface area (Å²) < 4.78 is 6.03. The first-order valence-corrected chi connectivity index (χ1v) is 7.60. The van der Waals surface area contributed by atoms with Gasteiger partial charge in [-0.3, -0.25) is 10.1 Å². The molecule has 7 heteroatoms. The quantitative estimate of drug-likeness (QED) is 0.438. The summed E-state index contributed by atoms with van der Waals surface area (Å²) in [6, 6.07) is 12.6. The maximum Gasteiger partial charge on any atom is 0.257 e. The average Bonchev–Trinajstić information content (AvgIpc) is 2.96. The van der Waals surface area contributed by atoms with Crippen molar-refractivity contribution in [3.63, 3.8) is 0 Å².